The molecule has 4 aromatic rings. The molecule has 0 saturated heterocycles. The van der Waals surface area contributed by atoms with Crippen molar-refractivity contribution in [2.45, 2.75) is 13.3 Å². The summed E-state index contributed by atoms with van der Waals surface area (Å²) >= 11 is 1.83. The number of nitriles is 1. The molecule has 21 heavy (non-hydrogen) atoms. The lowest BCUT2D eigenvalue weighted by Gasteiger charge is -2.05. The minimum atomic E-state index is 0.459. The van der Waals surface area contributed by atoms with Crippen LogP contribution in [0.5, 0.6) is 0 Å². The molecule has 0 aliphatic rings. The van der Waals surface area contributed by atoms with E-state index in [1.807, 2.05) is 11.3 Å². The molecule has 1 nitrogen and oxygen atoms in total. The van der Waals surface area contributed by atoms with Gasteiger partial charge in [-0.15, -0.1) is 11.3 Å². The molecule has 0 atom stereocenters. The van der Waals surface area contributed by atoms with E-state index >= 15 is 0 Å². The average Bonchev–Trinajstić information content (AvgIpc) is 2.87. The molecule has 4 rings (SSSR count). The highest BCUT2D eigenvalue weighted by atomic mass is 32.1. The molecule has 0 radical (unpaired) electrons. The van der Waals surface area contributed by atoms with Crippen molar-refractivity contribution in [3.63, 3.8) is 0 Å². The van der Waals surface area contributed by atoms with Gasteiger partial charge in [-0.2, -0.15) is 5.26 Å². The van der Waals surface area contributed by atoms with Crippen molar-refractivity contribution in [3.8, 4) is 6.07 Å². The Balaban J connectivity index is 2.29. The zero-order chi connectivity index (χ0) is 14.4. The van der Waals surface area contributed by atoms with Gasteiger partial charge in [0.05, 0.1) is 12.5 Å². The Morgan fingerprint density at radius 1 is 1.05 bits per heavy atom. The highest BCUT2D eigenvalue weighted by Crippen LogP contribution is 2.41. The Kier molecular flexibility index (Phi) is 2.70. The molecule has 0 spiro atoms. The Labute approximate surface area is 127 Å². The lowest BCUT2D eigenvalue weighted by atomic mass is 9.98. The quantitative estimate of drug-likeness (QED) is 0.448. The van der Waals surface area contributed by atoms with E-state index in [4.69, 9.17) is 5.26 Å². The predicted octanol–water partition coefficient (Wildman–Crippen LogP) is 5.58. The topological polar surface area (TPSA) is 23.8 Å². The highest BCUT2D eigenvalue weighted by molar-refractivity contribution is 7.26. The average molecular weight is 287 g/mol. The monoisotopic (exact) mass is 287 g/mol. The second-order valence-corrected chi connectivity index (χ2v) is 6.45. The normalized spacial score (nSPS) is 11.2. The van der Waals surface area contributed by atoms with Gasteiger partial charge >= 0.3 is 0 Å². The third kappa shape index (κ3) is 1.82. The molecular weight excluding hydrogens is 274 g/mol. The van der Waals surface area contributed by atoms with E-state index < -0.39 is 0 Å². The summed E-state index contributed by atoms with van der Waals surface area (Å²) in [5, 5.41) is 14.2. The number of fused-ring (bicyclic) bond motifs is 5. The zero-order valence-corrected chi connectivity index (χ0v) is 12.5. The third-order valence-electron chi connectivity index (χ3n) is 3.97. The summed E-state index contributed by atoms with van der Waals surface area (Å²) in [6.07, 6.45) is 0.459. The second kappa shape index (κ2) is 4.58. The van der Waals surface area contributed by atoms with Crippen molar-refractivity contribution in [3.05, 3.63) is 59.7 Å². The van der Waals surface area contributed by atoms with Crippen LogP contribution in [-0.2, 0) is 6.42 Å². The van der Waals surface area contributed by atoms with E-state index in [2.05, 4.69) is 61.5 Å². The number of aryl methyl sites for hydroxylation is 1. The van der Waals surface area contributed by atoms with Crippen molar-refractivity contribution in [1.29, 1.82) is 5.26 Å². The molecule has 2 heteroatoms. The van der Waals surface area contributed by atoms with Gasteiger partial charge in [-0.25, -0.2) is 0 Å². The van der Waals surface area contributed by atoms with Crippen LogP contribution in [0.1, 0.15) is 11.1 Å². The molecule has 0 saturated carbocycles. The second-order valence-electron chi connectivity index (χ2n) is 5.40. The van der Waals surface area contributed by atoms with E-state index in [9.17, 15) is 0 Å². The molecule has 1 aromatic heterocycles. The van der Waals surface area contributed by atoms with Crippen LogP contribution in [0.3, 0.4) is 0 Å². The first-order valence-corrected chi connectivity index (χ1v) is 7.80. The minimum absolute atomic E-state index is 0.459. The first-order chi connectivity index (χ1) is 10.3. The summed E-state index contributed by atoms with van der Waals surface area (Å²) in [4.78, 5) is 0. The van der Waals surface area contributed by atoms with Crippen molar-refractivity contribution >= 4 is 42.3 Å². The van der Waals surface area contributed by atoms with Gasteiger partial charge in [0.2, 0.25) is 0 Å². The van der Waals surface area contributed by atoms with Gasteiger partial charge in [0.15, 0.2) is 0 Å². The highest BCUT2D eigenvalue weighted by Gasteiger charge is 2.13. The maximum absolute atomic E-state index is 9.17. The lowest BCUT2D eigenvalue weighted by Crippen LogP contribution is -1.85. The summed E-state index contributed by atoms with van der Waals surface area (Å²) < 4.78 is 2.60. The largest absolute Gasteiger partial charge is 0.198 e. The molecular formula is C19H13NS. The van der Waals surface area contributed by atoms with Crippen LogP contribution in [0.2, 0.25) is 0 Å². The van der Waals surface area contributed by atoms with E-state index in [0.717, 1.165) is 5.56 Å². The SMILES string of the molecule is Cc1ccc2sc3c4ccccc4cc(CC#N)c3c2c1. The third-order valence-corrected chi connectivity index (χ3v) is 5.17. The van der Waals surface area contributed by atoms with Gasteiger partial charge in [-0.05, 0) is 41.5 Å². The fourth-order valence-electron chi connectivity index (χ4n) is 3.03. The standard InChI is InChI=1S/C19H13NS/c1-12-6-7-17-16(10-12)18-14(8-9-20)11-13-4-2-3-5-15(13)19(18)21-17/h2-7,10-11H,8H2,1H3. The molecule has 0 bridgehead atoms. The number of rotatable bonds is 1. The van der Waals surface area contributed by atoms with Gasteiger partial charge in [0, 0.05) is 20.2 Å². The number of hydrogen-bond donors (Lipinski definition) is 0. The van der Waals surface area contributed by atoms with Crippen LogP contribution in [0.25, 0.3) is 30.9 Å². The molecule has 0 aliphatic carbocycles. The maximum Gasteiger partial charge on any atom is 0.0669 e. The number of benzene rings is 3. The van der Waals surface area contributed by atoms with Crippen LogP contribution in [0, 0.1) is 18.3 Å². The smallest absolute Gasteiger partial charge is 0.0669 e. The van der Waals surface area contributed by atoms with Crippen LogP contribution < -0.4 is 0 Å². The van der Waals surface area contributed by atoms with Crippen molar-refractivity contribution in [2.24, 2.45) is 0 Å². The summed E-state index contributed by atoms with van der Waals surface area (Å²) in [6, 6.07) is 19.5. The summed E-state index contributed by atoms with van der Waals surface area (Å²) in [7, 11) is 0. The number of thiophene rings is 1. The van der Waals surface area contributed by atoms with E-state index in [0.29, 0.717) is 6.42 Å². The molecule has 0 unspecified atom stereocenters. The van der Waals surface area contributed by atoms with Gasteiger partial charge in [-0.3, -0.25) is 0 Å². The molecule has 100 valence electrons. The molecule has 0 aliphatic heterocycles. The molecule has 1 heterocycles. The van der Waals surface area contributed by atoms with Gasteiger partial charge in [0.25, 0.3) is 0 Å². The Hall–Kier alpha value is -2.37. The van der Waals surface area contributed by atoms with Crippen LogP contribution in [-0.4, -0.2) is 0 Å². The van der Waals surface area contributed by atoms with Gasteiger partial charge in [-0.1, -0.05) is 35.9 Å². The first kappa shape index (κ1) is 12.4. The first-order valence-electron chi connectivity index (χ1n) is 6.98. The maximum atomic E-state index is 9.17. The number of nitrogens with zero attached hydrogens (tertiary/aromatic N) is 1. The Morgan fingerprint density at radius 3 is 2.76 bits per heavy atom. The van der Waals surface area contributed by atoms with Crippen LogP contribution >= 0.6 is 11.3 Å². The fraction of sp³-hybridized carbons (Fsp3) is 0.105. The molecule has 3 aromatic carbocycles. The predicted molar refractivity (Wildman–Crippen MR) is 90.9 cm³/mol. The fourth-order valence-corrected chi connectivity index (χ4v) is 4.30. The van der Waals surface area contributed by atoms with Gasteiger partial charge in [0.1, 0.15) is 0 Å². The zero-order valence-electron chi connectivity index (χ0n) is 11.7. The van der Waals surface area contributed by atoms with Crippen LogP contribution in [0.15, 0.2) is 48.5 Å². The van der Waals surface area contributed by atoms with Crippen molar-refractivity contribution in [1.82, 2.24) is 0 Å². The summed E-state index contributed by atoms with van der Waals surface area (Å²) in [6.45, 7) is 2.12. The van der Waals surface area contributed by atoms with E-state index in [-0.39, 0.29) is 0 Å². The van der Waals surface area contributed by atoms with Crippen LogP contribution in [0.4, 0.5) is 0 Å². The lowest BCUT2D eigenvalue weighted by molar-refractivity contribution is 1.30. The van der Waals surface area contributed by atoms with Crippen molar-refractivity contribution < 1.29 is 0 Å². The van der Waals surface area contributed by atoms with Crippen molar-refractivity contribution in [2.75, 3.05) is 0 Å². The Morgan fingerprint density at radius 2 is 1.90 bits per heavy atom. The molecule has 0 amide bonds. The summed E-state index contributed by atoms with van der Waals surface area (Å²) in [5.41, 5.74) is 2.40. The molecule has 0 fully saturated rings. The van der Waals surface area contributed by atoms with Gasteiger partial charge < -0.3 is 0 Å². The van der Waals surface area contributed by atoms with E-state index in [1.165, 1.54) is 36.5 Å². The Bertz CT molecular complexity index is 1030. The minimum Gasteiger partial charge on any atom is -0.198 e. The summed E-state index contributed by atoms with van der Waals surface area (Å²) in [5.74, 6) is 0. The number of hydrogen-bond acceptors (Lipinski definition) is 2. The van der Waals surface area contributed by atoms with E-state index in [1.54, 1.807) is 0 Å². The molecule has 0 N–H and O–H groups in total.